The smallest absolute Gasteiger partial charge is 0.300 e. The average molecular weight is 457 g/mol. The first kappa shape index (κ1) is 22.5. The summed E-state index contributed by atoms with van der Waals surface area (Å²) in [6.07, 6.45) is 5.37. The van der Waals surface area contributed by atoms with Crippen molar-refractivity contribution >= 4 is 46.4 Å². The molecule has 0 radical (unpaired) electrons. The van der Waals surface area contributed by atoms with Crippen molar-refractivity contribution in [2.24, 2.45) is 10.7 Å². The van der Waals surface area contributed by atoms with E-state index in [-0.39, 0.29) is 18.4 Å². The number of nitrogen functional groups attached to an aromatic ring is 1. The van der Waals surface area contributed by atoms with Crippen LogP contribution in [-0.2, 0) is 22.7 Å². The maximum atomic E-state index is 11.4. The summed E-state index contributed by atoms with van der Waals surface area (Å²) < 4.78 is 1.86. The van der Waals surface area contributed by atoms with Gasteiger partial charge in [0.25, 0.3) is 5.97 Å². The van der Waals surface area contributed by atoms with Gasteiger partial charge in [-0.25, -0.2) is 4.98 Å². The first-order valence-corrected chi connectivity index (χ1v) is 10.4. The van der Waals surface area contributed by atoms with E-state index in [2.05, 4.69) is 44.5 Å². The summed E-state index contributed by atoms with van der Waals surface area (Å²) in [5.41, 5.74) is 17.3. The van der Waals surface area contributed by atoms with Gasteiger partial charge >= 0.3 is 0 Å². The number of benzene rings is 2. The fourth-order valence-corrected chi connectivity index (χ4v) is 3.80. The molecule has 0 saturated carbocycles. The lowest BCUT2D eigenvalue weighted by Gasteiger charge is -2.14. The van der Waals surface area contributed by atoms with Crippen molar-refractivity contribution in [1.29, 1.82) is 0 Å². The molecule has 2 aromatic carbocycles. The highest BCUT2D eigenvalue weighted by molar-refractivity contribution is 5.94. The predicted octanol–water partition coefficient (Wildman–Crippen LogP) is 2.93. The van der Waals surface area contributed by atoms with Crippen molar-refractivity contribution in [3.63, 3.8) is 0 Å². The molecule has 5 rings (SSSR count). The van der Waals surface area contributed by atoms with E-state index >= 15 is 0 Å². The number of carbonyl (C=O) groups is 2. The number of nitrogens with one attached hydrogen (secondary N) is 1. The van der Waals surface area contributed by atoms with Crippen molar-refractivity contribution < 1.29 is 14.7 Å². The number of amides is 1. The van der Waals surface area contributed by atoms with Gasteiger partial charge in [0.2, 0.25) is 11.9 Å². The minimum absolute atomic E-state index is 0.144. The van der Waals surface area contributed by atoms with E-state index in [0.717, 1.165) is 45.8 Å². The number of aliphatic imine (C=N–C) groups is 1. The second-order valence-electron chi connectivity index (χ2n) is 7.69. The maximum Gasteiger partial charge on any atom is 0.300 e. The van der Waals surface area contributed by atoms with Crippen LogP contribution in [0, 0.1) is 0 Å². The Labute approximate surface area is 195 Å². The summed E-state index contributed by atoms with van der Waals surface area (Å²) in [6, 6.07) is 14.1. The highest BCUT2D eigenvalue weighted by atomic mass is 16.4. The summed E-state index contributed by atoms with van der Waals surface area (Å²) in [5, 5.41) is 11.8. The summed E-state index contributed by atoms with van der Waals surface area (Å²) in [6.45, 7) is 1.86. The maximum absolute atomic E-state index is 11.4. The van der Waals surface area contributed by atoms with Crippen LogP contribution in [0.1, 0.15) is 18.1 Å². The van der Waals surface area contributed by atoms with Crippen molar-refractivity contribution in [3.05, 3.63) is 66.0 Å². The third-order valence-electron chi connectivity index (χ3n) is 5.12. The number of nitrogens with two attached hydrogens (primary N) is 2. The van der Waals surface area contributed by atoms with Crippen molar-refractivity contribution in [2.75, 3.05) is 11.1 Å². The third-order valence-corrected chi connectivity index (χ3v) is 5.12. The lowest BCUT2D eigenvalue weighted by Crippen LogP contribution is -2.17. The van der Waals surface area contributed by atoms with Crippen molar-refractivity contribution in [3.8, 4) is 11.1 Å². The average Bonchev–Trinajstić information content (AvgIpc) is 3.39. The van der Waals surface area contributed by atoms with Gasteiger partial charge in [-0.05, 0) is 52.4 Å². The number of nitrogens with zero attached hydrogens (tertiary/aromatic N) is 4. The molecule has 10 nitrogen and oxygen atoms in total. The molecule has 0 saturated heterocycles. The Hall–Kier alpha value is -4.73. The molecule has 10 heteroatoms. The zero-order chi connectivity index (χ0) is 24.2. The summed E-state index contributed by atoms with van der Waals surface area (Å²) in [4.78, 5) is 33.0. The molecule has 1 aliphatic heterocycles. The largest absolute Gasteiger partial charge is 0.481 e. The highest BCUT2D eigenvalue weighted by Gasteiger charge is 2.16. The monoisotopic (exact) mass is 457 g/mol. The number of carboxylic acids is 1. The SMILES string of the molecule is CC(=O)O.NC(=O)Cn1ccc2ccc(-c3cc(Nc4ccnc(N)n4)cc4c3CN=C4)cc21. The second kappa shape index (κ2) is 9.41. The van der Waals surface area contributed by atoms with Gasteiger partial charge in [0.15, 0.2) is 0 Å². The number of hydrogen-bond donors (Lipinski definition) is 4. The molecule has 1 aliphatic rings. The van der Waals surface area contributed by atoms with Gasteiger partial charge in [0, 0.05) is 42.3 Å². The standard InChI is InChI=1S/C22H19N7O.C2H4O2/c23-20(30)12-29-6-4-13-1-2-14(8-19(13)29)17-9-16(7-15-10-25-11-18(15)17)27-21-3-5-26-22(24)28-21;1-2(3)4/h1-10H,11-12H2,(H2,23,30)(H3,24,26,27,28);1H3,(H,3,4). The molecule has 6 N–H and O–H groups in total. The number of fused-ring (bicyclic) bond motifs is 2. The Morgan fingerprint density at radius 1 is 1.18 bits per heavy atom. The number of primary amides is 1. The molecule has 0 aliphatic carbocycles. The minimum Gasteiger partial charge on any atom is -0.481 e. The lowest BCUT2D eigenvalue weighted by molar-refractivity contribution is -0.134. The zero-order valence-electron chi connectivity index (χ0n) is 18.4. The number of carbonyl (C=O) groups excluding carboxylic acids is 1. The van der Waals surface area contributed by atoms with Crippen LogP contribution in [0.2, 0.25) is 0 Å². The predicted molar refractivity (Wildman–Crippen MR) is 131 cm³/mol. The van der Waals surface area contributed by atoms with E-state index in [4.69, 9.17) is 21.4 Å². The molecule has 3 heterocycles. The molecule has 4 aromatic rings. The third kappa shape index (κ3) is 5.01. The van der Waals surface area contributed by atoms with Gasteiger partial charge < -0.3 is 26.5 Å². The second-order valence-corrected chi connectivity index (χ2v) is 7.69. The number of hydrogen-bond acceptors (Lipinski definition) is 7. The van der Waals surface area contributed by atoms with E-state index in [1.165, 1.54) is 0 Å². The van der Waals surface area contributed by atoms with Crippen LogP contribution in [0.4, 0.5) is 17.5 Å². The van der Waals surface area contributed by atoms with Crippen LogP contribution in [-0.4, -0.2) is 37.7 Å². The van der Waals surface area contributed by atoms with Gasteiger partial charge in [0.1, 0.15) is 12.4 Å². The lowest BCUT2D eigenvalue weighted by atomic mass is 9.95. The van der Waals surface area contributed by atoms with Crippen molar-refractivity contribution in [1.82, 2.24) is 14.5 Å². The van der Waals surface area contributed by atoms with E-state index in [9.17, 15) is 4.79 Å². The summed E-state index contributed by atoms with van der Waals surface area (Å²) in [5.74, 6) is -0.375. The first-order chi connectivity index (χ1) is 16.3. The van der Waals surface area contributed by atoms with Crippen LogP contribution in [0.25, 0.3) is 22.0 Å². The molecule has 0 atom stereocenters. The number of aliphatic carboxylic acids is 1. The first-order valence-electron chi connectivity index (χ1n) is 10.4. The molecular formula is C24H23N7O3. The topological polar surface area (TPSA) is 162 Å². The van der Waals surface area contributed by atoms with Gasteiger partial charge in [-0.15, -0.1) is 0 Å². The Balaban J connectivity index is 0.000000636. The van der Waals surface area contributed by atoms with E-state index in [1.54, 1.807) is 12.3 Å². The number of carboxylic acid groups (broad SMARTS) is 1. The van der Waals surface area contributed by atoms with Crippen LogP contribution in [0.15, 0.2) is 59.9 Å². The van der Waals surface area contributed by atoms with Crippen molar-refractivity contribution in [2.45, 2.75) is 20.0 Å². The number of anilines is 3. The normalized spacial score (nSPS) is 11.6. The Bertz CT molecular complexity index is 1420. The van der Waals surface area contributed by atoms with Gasteiger partial charge in [-0.1, -0.05) is 12.1 Å². The molecule has 2 aromatic heterocycles. The van der Waals surface area contributed by atoms with Crippen LogP contribution in [0.5, 0.6) is 0 Å². The fraction of sp³-hybridized carbons (Fsp3) is 0.125. The van der Waals surface area contributed by atoms with Gasteiger partial charge in [-0.3, -0.25) is 14.6 Å². The van der Waals surface area contributed by atoms with E-state index < -0.39 is 5.97 Å². The molecule has 1 amide bonds. The molecule has 172 valence electrons. The summed E-state index contributed by atoms with van der Waals surface area (Å²) in [7, 11) is 0. The molecular weight excluding hydrogens is 434 g/mol. The Morgan fingerprint density at radius 3 is 2.71 bits per heavy atom. The molecule has 0 unspecified atom stereocenters. The van der Waals surface area contributed by atoms with Crippen LogP contribution >= 0.6 is 0 Å². The summed E-state index contributed by atoms with van der Waals surface area (Å²) >= 11 is 0. The van der Waals surface area contributed by atoms with Crippen LogP contribution < -0.4 is 16.8 Å². The van der Waals surface area contributed by atoms with Gasteiger partial charge in [0.05, 0.1) is 6.54 Å². The number of aromatic nitrogens is 3. The Kier molecular flexibility index (Phi) is 6.22. The highest BCUT2D eigenvalue weighted by Crippen LogP contribution is 2.35. The number of rotatable bonds is 5. The Morgan fingerprint density at radius 2 is 1.97 bits per heavy atom. The molecule has 34 heavy (non-hydrogen) atoms. The quantitative estimate of drug-likeness (QED) is 0.358. The van der Waals surface area contributed by atoms with Crippen LogP contribution in [0.3, 0.4) is 0 Å². The molecule has 0 spiro atoms. The van der Waals surface area contributed by atoms with Gasteiger partial charge in [-0.2, -0.15) is 4.98 Å². The zero-order valence-corrected chi connectivity index (χ0v) is 18.4. The van der Waals surface area contributed by atoms with E-state index in [0.29, 0.717) is 12.4 Å². The minimum atomic E-state index is -0.833. The van der Waals surface area contributed by atoms with E-state index in [1.807, 2.05) is 29.1 Å². The fourth-order valence-electron chi connectivity index (χ4n) is 3.80. The molecule has 0 bridgehead atoms. The molecule has 0 fully saturated rings.